The molecule has 0 aliphatic rings. The molecule has 0 heterocycles. The number of aliphatic hydroxyl groups is 1. The Morgan fingerprint density at radius 3 is 2.71 bits per heavy atom. The first-order chi connectivity index (χ1) is 8.06. The van der Waals surface area contributed by atoms with Crippen LogP contribution >= 0.6 is 15.9 Å². The van der Waals surface area contributed by atoms with Crippen LogP contribution in [0.5, 0.6) is 0 Å². The van der Waals surface area contributed by atoms with Crippen molar-refractivity contribution in [3.63, 3.8) is 0 Å². The van der Waals surface area contributed by atoms with Gasteiger partial charge in [-0.15, -0.1) is 0 Å². The van der Waals surface area contributed by atoms with Crippen molar-refractivity contribution in [2.45, 2.75) is 20.0 Å². The molecule has 0 bridgehead atoms. The van der Waals surface area contributed by atoms with Crippen LogP contribution in [-0.2, 0) is 4.74 Å². The van der Waals surface area contributed by atoms with E-state index in [4.69, 9.17) is 4.74 Å². The molecule has 17 heavy (non-hydrogen) atoms. The number of halogens is 1. The SMILES string of the molecule is CCOCCN(C)c1ccc([C@@H](C)O)c(Br)c1. The van der Waals surface area contributed by atoms with E-state index >= 15 is 0 Å². The largest absolute Gasteiger partial charge is 0.389 e. The lowest BCUT2D eigenvalue weighted by molar-refractivity contribution is 0.154. The average molecular weight is 302 g/mol. The number of hydrogen-bond acceptors (Lipinski definition) is 3. The van der Waals surface area contributed by atoms with Crippen LogP contribution in [0.2, 0.25) is 0 Å². The maximum Gasteiger partial charge on any atom is 0.0772 e. The molecule has 0 spiro atoms. The first-order valence-electron chi connectivity index (χ1n) is 5.82. The molecule has 0 unspecified atom stereocenters. The molecule has 1 atom stereocenters. The van der Waals surface area contributed by atoms with Crippen LogP contribution in [0.3, 0.4) is 0 Å². The van der Waals surface area contributed by atoms with Gasteiger partial charge in [0.1, 0.15) is 0 Å². The van der Waals surface area contributed by atoms with E-state index in [1.165, 1.54) is 0 Å². The molecule has 0 radical (unpaired) electrons. The first kappa shape index (κ1) is 14.5. The fraction of sp³-hybridized carbons (Fsp3) is 0.538. The zero-order valence-electron chi connectivity index (χ0n) is 10.6. The minimum absolute atomic E-state index is 0.452. The summed E-state index contributed by atoms with van der Waals surface area (Å²) in [7, 11) is 2.03. The second-order valence-corrected chi connectivity index (χ2v) is 4.85. The van der Waals surface area contributed by atoms with E-state index in [-0.39, 0.29) is 0 Å². The monoisotopic (exact) mass is 301 g/mol. The van der Waals surface area contributed by atoms with E-state index in [1.807, 2.05) is 32.2 Å². The zero-order valence-corrected chi connectivity index (χ0v) is 12.2. The van der Waals surface area contributed by atoms with Crippen molar-refractivity contribution >= 4 is 21.6 Å². The van der Waals surface area contributed by atoms with Gasteiger partial charge in [0.05, 0.1) is 12.7 Å². The molecule has 1 N–H and O–H groups in total. The molecule has 0 aliphatic carbocycles. The second kappa shape index (κ2) is 6.99. The summed E-state index contributed by atoms with van der Waals surface area (Å²) in [6.45, 7) is 6.09. The maximum absolute atomic E-state index is 9.54. The normalized spacial score (nSPS) is 12.5. The van der Waals surface area contributed by atoms with Crippen molar-refractivity contribution in [2.24, 2.45) is 0 Å². The molecule has 0 aliphatic heterocycles. The molecular formula is C13H20BrNO2. The number of likely N-dealkylation sites (N-methyl/N-ethyl adjacent to an activating group) is 1. The molecule has 0 amide bonds. The predicted molar refractivity (Wildman–Crippen MR) is 74.5 cm³/mol. The highest BCUT2D eigenvalue weighted by molar-refractivity contribution is 9.10. The van der Waals surface area contributed by atoms with Crippen molar-refractivity contribution in [1.29, 1.82) is 0 Å². The Hall–Kier alpha value is -0.580. The topological polar surface area (TPSA) is 32.7 Å². The fourth-order valence-electron chi connectivity index (χ4n) is 1.57. The Morgan fingerprint density at radius 1 is 1.47 bits per heavy atom. The number of ether oxygens (including phenoxy) is 1. The van der Waals surface area contributed by atoms with Gasteiger partial charge in [-0.25, -0.2) is 0 Å². The van der Waals surface area contributed by atoms with Crippen LogP contribution in [0.25, 0.3) is 0 Å². The molecule has 1 rings (SSSR count). The number of aliphatic hydroxyl groups excluding tert-OH is 1. The third kappa shape index (κ3) is 4.30. The van der Waals surface area contributed by atoms with Gasteiger partial charge >= 0.3 is 0 Å². The summed E-state index contributed by atoms with van der Waals surface area (Å²) in [6.07, 6.45) is -0.452. The van der Waals surface area contributed by atoms with E-state index in [9.17, 15) is 5.11 Å². The van der Waals surface area contributed by atoms with Crippen LogP contribution in [-0.4, -0.2) is 31.9 Å². The molecule has 0 aromatic heterocycles. The van der Waals surface area contributed by atoms with Gasteiger partial charge in [-0.3, -0.25) is 0 Å². The van der Waals surface area contributed by atoms with Crippen LogP contribution in [0.1, 0.15) is 25.5 Å². The highest BCUT2D eigenvalue weighted by Gasteiger charge is 2.08. The summed E-state index contributed by atoms with van der Waals surface area (Å²) in [5.41, 5.74) is 2.02. The van der Waals surface area contributed by atoms with Gasteiger partial charge in [0.25, 0.3) is 0 Å². The summed E-state index contributed by atoms with van der Waals surface area (Å²) < 4.78 is 6.26. The van der Waals surface area contributed by atoms with Crippen LogP contribution in [0, 0.1) is 0 Å². The molecule has 0 saturated heterocycles. The Morgan fingerprint density at radius 2 is 2.18 bits per heavy atom. The highest BCUT2D eigenvalue weighted by atomic mass is 79.9. The lowest BCUT2D eigenvalue weighted by atomic mass is 10.1. The molecule has 1 aromatic carbocycles. The van der Waals surface area contributed by atoms with Gasteiger partial charge in [0, 0.05) is 30.4 Å². The summed E-state index contributed by atoms with van der Waals surface area (Å²) in [6, 6.07) is 5.98. The van der Waals surface area contributed by atoms with Gasteiger partial charge in [0.2, 0.25) is 0 Å². The lowest BCUT2D eigenvalue weighted by Gasteiger charge is -2.20. The van der Waals surface area contributed by atoms with E-state index < -0.39 is 6.10 Å². The number of anilines is 1. The van der Waals surface area contributed by atoms with Gasteiger partial charge in [-0.2, -0.15) is 0 Å². The van der Waals surface area contributed by atoms with Crippen LogP contribution in [0.15, 0.2) is 22.7 Å². The van der Waals surface area contributed by atoms with Crippen LogP contribution < -0.4 is 4.90 Å². The summed E-state index contributed by atoms with van der Waals surface area (Å²) in [5.74, 6) is 0. The molecule has 96 valence electrons. The van der Waals surface area contributed by atoms with Crippen molar-refractivity contribution in [1.82, 2.24) is 0 Å². The summed E-state index contributed by atoms with van der Waals surface area (Å²) in [5, 5.41) is 9.54. The Bertz CT molecular complexity index is 355. The molecule has 1 aromatic rings. The highest BCUT2D eigenvalue weighted by Crippen LogP contribution is 2.27. The van der Waals surface area contributed by atoms with E-state index in [1.54, 1.807) is 6.92 Å². The average Bonchev–Trinajstić information content (AvgIpc) is 2.28. The fourth-order valence-corrected chi connectivity index (χ4v) is 2.27. The van der Waals surface area contributed by atoms with E-state index in [0.717, 1.165) is 35.5 Å². The van der Waals surface area contributed by atoms with Gasteiger partial charge < -0.3 is 14.7 Å². The van der Waals surface area contributed by atoms with Crippen molar-refractivity contribution in [3.05, 3.63) is 28.2 Å². The molecule has 0 saturated carbocycles. The van der Waals surface area contributed by atoms with Crippen LogP contribution in [0.4, 0.5) is 5.69 Å². The molecule has 3 nitrogen and oxygen atoms in total. The van der Waals surface area contributed by atoms with Gasteiger partial charge in [-0.1, -0.05) is 22.0 Å². The Labute approximate surface area is 112 Å². The maximum atomic E-state index is 9.54. The minimum Gasteiger partial charge on any atom is -0.389 e. The number of hydrogen-bond donors (Lipinski definition) is 1. The summed E-state index contributed by atoms with van der Waals surface area (Å²) in [4.78, 5) is 2.13. The predicted octanol–water partition coefficient (Wildman–Crippen LogP) is 2.98. The Kier molecular flexibility index (Phi) is 5.95. The third-order valence-corrected chi connectivity index (χ3v) is 3.34. The quantitative estimate of drug-likeness (QED) is 0.820. The lowest BCUT2D eigenvalue weighted by Crippen LogP contribution is -2.22. The van der Waals surface area contributed by atoms with Crippen molar-refractivity contribution in [2.75, 3.05) is 31.7 Å². The first-order valence-corrected chi connectivity index (χ1v) is 6.62. The van der Waals surface area contributed by atoms with E-state index in [2.05, 4.69) is 20.8 Å². The van der Waals surface area contributed by atoms with Gasteiger partial charge in [-0.05, 0) is 31.5 Å². The number of rotatable bonds is 6. The third-order valence-electron chi connectivity index (χ3n) is 2.65. The van der Waals surface area contributed by atoms with Crippen molar-refractivity contribution < 1.29 is 9.84 Å². The molecular weight excluding hydrogens is 282 g/mol. The van der Waals surface area contributed by atoms with E-state index in [0.29, 0.717) is 0 Å². The second-order valence-electron chi connectivity index (χ2n) is 4.00. The standard InChI is InChI=1S/C13H20BrNO2/c1-4-17-8-7-15(3)11-5-6-12(10(2)16)13(14)9-11/h5-6,9-10,16H,4,7-8H2,1-3H3/t10-/m1/s1. The molecule has 0 fully saturated rings. The number of nitrogens with zero attached hydrogens (tertiary/aromatic N) is 1. The minimum atomic E-state index is -0.452. The van der Waals surface area contributed by atoms with Crippen molar-refractivity contribution in [3.8, 4) is 0 Å². The number of benzene rings is 1. The summed E-state index contributed by atoms with van der Waals surface area (Å²) >= 11 is 3.48. The van der Waals surface area contributed by atoms with Gasteiger partial charge in [0.15, 0.2) is 0 Å². The zero-order chi connectivity index (χ0) is 12.8. The molecule has 4 heteroatoms. The Balaban J connectivity index is 2.69. The smallest absolute Gasteiger partial charge is 0.0772 e.